The van der Waals surface area contributed by atoms with Crippen LogP contribution in [-0.2, 0) is 0 Å². The number of aliphatic hydroxyl groups is 1. The summed E-state index contributed by atoms with van der Waals surface area (Å²) in [5.41, 5.74) is 1.34. The van der Waals surface area contributed by atoms with E-state index in [-0.39, 0.29) is 6.10 Å². The molecule has 1 atom stereocenters. The lowest BCUT2D eigenvalue weighted by atomic mass is 10.1. The van der Waals surface area contributed by atoms with E-state index in [1.54, 1.807) is 0 Å². The lowest BCUT2D eigenvalue weighted by Gasteiger charge is -2.06. The van der Waals surface area contributed by atoms with Gasteiger partial charge in [-0.15, -0.1) is 0 Å². The van der Waals surface area contributed by atoms with Gasteiger partial charge in [-0.05, 0) is 33.1 Å². The second-order valence-corrected chi connectivity index (χ2v) is 3.30. The Bertz CT molecular complexity index is 112. The molecule has 11 heavy (non-hydrogen) atoms. The molecule has 0 fully saturated rings. The molecule has 0 saturated carbocycles. The van der Waals surface area contributed by atoms with Gasteiger partial charge in [-0.3, -0.25) is 0 Å². The van der Waals surface area contributed by atoms with Crippen LogP contribution in [0.25, 0.3) is 0 Å². The molecule has 0 aromatic heterocycles. The van der Waals surface area contributed by atoms with Crippen molar-refractivity contribution >= 4 is 0 Å². The molecule has 0 bridgehead atoms. The highest BCUT2D eigenvalue weighted by Crippen LogP contribution is 2.05. The second kappa shape index (κ2) is 6.41. The van der Waals surface area contributed by atoms with E-state index in [2.05, 4.69) is 26.8 Å². The molecule has 0 spiro atoms. The molecule has 66 valence electrons. The lowest BCUT2D eigenvalue weighted by Crippen LogP contribution is -2.04. The number of allylic oxidation sites excluding steroid dienone is 2. The van der Waals surface area contributed by atoms with Crippen LogP contribution in [0.2, 0.25) is 0 Å². The zero-order valence-corrected chi connectivity index (χ0v) is 7.93. The molecule has 1 nitrogen and oxygen atoms in total. The van der Waals surface area contributed by atoms with E-state index >= 15 is 0 Å². The first-order valence-electron chi connectivity index (χ1n) is 4.48. The molecule has 0 rings (SSSR count). The summed E-state index contributed by atoms with van der Waals surface area (Å²) in [6.07, 6.45) is 6.05. The van der Waals surface area contributed by atoms with Gasteiger partial charge in [0.15, 0.2) is 0 Å². The normalized spacial score (nSPS) is 12.7. The standard InChI is InChI=1S/C10H20O/c1-4-6-10(11)8-5-7-9(2)3/h7,10-11H,4-6,8H2,1-3H3. The van der Waals surface area contributed by atoms with Crippen molar-refractivity contribution in [3.8, 4) is 0 Å². The summed E-state index contributed by atoms with van der Waals surface area (Å²) < 4.78 is 0. The highest BCUT2D eigenvalue weighted by molar-refractivity contribution is 4.92. The first kappa shape index (κ1) is 10.7. The Morgan fingerprint density at radius 2 is 2.00 bits per heavy atom. The Morgan fingerprint density at radius 3 is 2.45 bits per heavy atom. The molecule has 0 heterocycles. The summed E-state index contributed by atoms with van der Waals surface area (Å²) in [6, 6.07) is 0. The summed E-state index contributed by atoms with van der Waals surface area (Å²) in [5, 5.41) is 9.33. The molecule has 0 aliphatic rings. The fourth-order valence-electron chi connectivity index (χ4n) is 1.04. The smallest absolute Gasteiger partial charge is 0.0543 e. The van der Waals surface area contributed by atoms with Gasteiger partial charge in [-0.1, -0.05) is 25.0 Å². The molecule has 0 amide bonds. The average molecular weight is 156 g/mol. The van der Waals surface area contributed by atoms with Crippen molar-refractivity contribution in [3.63, 3.8) is 0 Å². The molecule has 0 aliphatic heterocycles. The molecule has 0 aliphatic carbocycles. The zero-order chi connectivity index (χ0) is 8.69. The fraction of sp³-hybridized carbons (Fsp3) is 0.800. The van der Waals surface area contributed by atoms with E-state index in [1.165, 1.54) is 5.57 Å². The highest BCUT2D eigenvalue weighted by atomic mass is 16.3. The van der Waals surface area contributed by atoms with E-state index in [0.29, 0.717) is 0 Å². The van der Waals surface area contributed by atoms with Crippen LogP contribution in [0.5, 0.6) is 0 Å². The van der Waals surface area contributed by atoms with Crippen LogP contribution in [0.1, 0.15) is 46.5 Å². The average Bonchev–Trinajstić information content (AvgIpc) is 1.87. The van der Waals surface area contributed by atoms with Crippen LogP contribution < -0.4 is 0 Å². The van der Waals surface area contributed by atoms with E-state index in [1.807, 2.05) is 0 Å². The van der Waals surface area contributed by atoms with E-state index in [4.69, 9.17) is 0 Å². The van der Waals surface area contributed by atoms with Crippen LogP contribution in [0.4, 0.5) is 0 Å². The van der Waals surface area contributed by atoms with Crippen molar-refractivity contribution in [3.05, 3.63) is 11.6 Å². The van der Waals surface area contributed by atoms with Crippen molar-refractivity contribution in [2.45, 2.75) is 52.6 Å². The minimum absolute atomic E-state index is 0.0874. The molecule has 0 saturated heterocycles. The Kier molecular flexibility index (Phi) is 6.24. The maximum absolute atomic E-state index is 9.33. The summed E-state index contributed by atoms with van der Waals surface area (Å²) >= 11 is 0. The van der Waals surface area contributed by atoms with E-state index in [0.717, 1.165) is 25.7 Å². The highest BCUT2D eigenvalue weighted by Gasteiger charge is 1.99. The number of rotatable bonds is 5. The van der Waals surface area contributed by atoms with Crippen LogP contribution in [0, 0.1) is 0 Å². The first-order valence-corrected chi connectivity index (χ1v) is 4.48. The van der Waals surface area contributed by atoms with Gasteiger partial charge in [0.1, 0.15) is 0 Å². The zero-order valence-electron chi connectivity index (χ0n) is 7.93. The lowest BCUT2D eigenvalue weighted by molar-refractivity contribution is 0.155. The molecule has 0 radical (unpaired) electrons. The molecular weight excluding hydrogens is 136 g/mol. The minimum atomic E-state index is -0.0874. The van der Waals surface area contributed by atoms with Gasteiger partial charge >= 0.3 is 0 Å². The Morgan fingerprint density at radius 1 is 1.36 bits per heavy atom. The van der Waals surface area contributed by atoms with Crippen LogP contribution in [0.3, 0.4) is 0 Å². The fourth-order valence-corrected chi connectivity index (χ4v) is 1.04. The van der Waals surface area contributed by atoms with Crippen molar-refractivity contribution in [2.24, 2.45) is 0 Å². The van der Waals surface area contributed by atoms with E-state index < -0.39 is 0 Å². The summed E-state index contributed by atoms with van der Waals surface area (Å²) in [7, 11) is 0. The maximum atomic E-state index is 9.33. The second-order valence-electron chi connectivity index (χ2n) is 3.30. The van der Waals surface area contributed by atoms with Gasteiger partial charge in [0, 0.05) is 0 Å². The predicted octanol–water partition coefficient (Wildman–Crippen LogP) is 2.89. The molecule has 0 aromatic rings. The third-order valence-corrected chi connectivity index (χ3v) is 1.67. The Hall–Kier alpha value is -0.300. The summed E-state index contributed by atoms with van der Waals surface area (Å²) in [4.78, 5) is 0. The monoisotopic (exact) mass is 156 g/mol. The predicted molar refractivity (Wildman–Crippen MR) is 49.6 cm³/mol. The number of hydrogen-bond acceptors (Lipinski definition) is 1. The molecular formula is C10H20O. The Labute approximate surface area is 70.1 Å². The van der Waals surface area contributed by atoms with Gasteiger partial charge in [-0.2, -0.15) is 0 Å². The summed E-state index contributed by atoms with van der Waals surface area (Å²) in [6.45, 7) is 6.28. The maximum Gasteiger partial charge on any atom is 0.0543 e. The van der Waals surface area contributed by atoms with E-state index in [9.17, 15) is 5.11 Å². The van der Waals surface area contributed by atoms with Gasteiger partial charge < -0.3 is 5.11 Å². The number of hydrogen-bond donors (Lipinski definition) is 1. The van der Waals surface area contributed by atoms with Crippen LogP contribution in [0.15, 0.2) is 11.6 Å². The van der Waals surface area contributed by atoms with Crippen molar-refractivity contribution < 1.29 is 5.11 Å². The third kappa shape index (κ3) is 7.60. The molecule has 1 N–H and O–H groups in total. The van der Waals surface area contributed by atoms with Crippen LogP contribution in [-0.4, -0.2) is 11.2 Å². The van der Waals surface area contributed by atoms with Gasteiger partial charge in [-0.25, -0.2) is 0 Å². The van der Waals surface area contributed by atoms with Gasteiger partial charge in [0.25, 0.3) is 0 Å². The first-order chi connectivity index (χ1) is 5.16. The number of aliphatic hydroxyl groups excluding tert-OH is 1. The van der Waals surface area contributed by atoms with Gasteiger partial charge in [0.2, 0.25) is 0 Å². The van der Waals surface area contributed by atoms with Crippen LogP contribution >= 0.6 is 0 Å². The van der Waals surface area contributed by atoms with Gasteiger partial charge in [0.05, 0.1) is 6.10 Å². The molecule has 1 heteroatoms. The van der Waals surface area contributed by atoms with Crippen molar-refractivity contribution in [1.82, 2.24) is 0 Å². The SMILES string of the molecule is CCCC(O)CCC=C(C)C. The molecule has 1 unspecified atom stereocenters. The molecule has 0 aromatic carbocycles. The topological polar surface area (TPSA) is 20.2 Å². The quantitative estimate of drug-likeness (QED) is 0.607. The van der Waals surface area contributed by atoms with Crippen molar-refractivity contribution in [1.29, 1.82) is 0 Å². The van der Waals surface area contributed by atoms with Crippen molar-refractivity contribution in [2.75, 3.05) is 0 Å². The summed E-state index contributed by atoms with van der Waals surface area (Å²) in [5.74, 6) is 0. The third-order valence-electron chi connectivity index (χ3n) is 1.67. The minimum Gasteiger partial charge on any atom is -0.393 e. The largest absolute Gasteiger partial charge is 0.393 e. The Balaban J connectivity index is 3.31.